The Morgan fingerprint density at radius 1 is 1.33 bits per heavy atom. The van der Waals surface area contributed by atoms with E-state index in [0.717, 1.165) is 12.6 Å². The molecule has 2 N–H and O–H groups in total. The molecule has 0 aromatic heterocycles. The Hall–Kier alpha value is -0.120. The molecule has 1 heterocycles. The van der Waals surface area contributed by atoms with Crippen LogP contribution < -0.4 is 5.73 Å². The molecule has 0 aromatic rings. The van der Waals surface area contributed by atoms with Gasteiger partial charge in [0.15, 0.2) is 0 Å². The van der Waals surface area contributed by atoms with Gasteiger partial charge in [-0.3, -0.25) is 4.90 Å². The molecule has 106 valence electrons. The van der Waals surface area contributed by atoms with E-state index in [1.54, 1.807) is 0 Å². The highest BCUT2D eigenvalue weighted by Crippen LogP contribution is 2.55. The molecule has 3 heteroatoms. The van der Waals surface area contributed by atoms with Gasteiger partial charge in [0.2, 0.25) is 0 Å². The number of rotatable bonds is 5. The second-order valence-electron chi connectivity index (χ2n) is 6.81. The zero-order valence-corrected chi connectivity index (χ0v) is 12.7. The van der Waals surface area contributed by atoms with E-state index < -0.39 is 0 Å². The molecule has 1 saturated heterocycles. The number of hydrogen-bond donors (Lipinski definition) is 1. The van der Waals surface area contributed by atoms with Crippen LogP contribution >= 0.6 is 0 Å². The van der Waals surface area contributed by atoms with Gasteiger partial charge in [0.05, 0.1) is 0 Å². The molecule has 1 aliphatic carbocycles. The predicted octanol–water partition coefficient (Wildman–Crippen LogP) is 1.92. The van der Waals surface area contributed by atoms with Crippen molar-refractivity contribution >= 4 is 0 Å². The first-order valence-electron chi connectivity index (χ1n) is 7.62. The summed E-state index contributed by atoms with van der Waals surface area (Å²) in [6.07, 6.45) is 5.30. The maximum atomic E-state index is 6.14. The Balaban J connectivity index is 2.00. The minimum absolute atomic E-state index is 0.187. The standard InChI is InChI=1S/C15H31N3/c1-5-18-10-6-13(7-11-18)17(4)15(3,12-16)14(2)8-9-14/h13H,5-12,16H2,1-4H3. The first-order chi connectivity index (χ1) is 8.47. The zero-order chi connectivity index (χ0) is 13.4. The average Bonchev–Trinajstić information content (AvgIpc) is 3.16. The Morgan fingerprint density at radius 2 is 1.89 bits per heavy atom. The first-order valence-corrected chi connectivity index (χ1v) is 7.62. The molecule has 3 nitrogen and oxygen atoms in total. The van der Waals surface area contributed by atoms with Gasteiger partial charge in [-0.2, -0.15) is 0 Å². The van der Waals surface area contributed by atoms with E-state index >= 15 is 0 Å². The predicted molar refractivity (Wildman–Crippen MR) is 77.7 cm³/mol. The van der Waals surface area contributed by atoms with E-state index in [1.165, 1.54) is 45.3 Å². The van der Waals surface area contributed by atoms with Crippen LogP contribution in [0.25, 0.3) is 0 Å². The molecule has 0 bridgehead atoms. The third kappa shape index (κ3) is 2.33. The summed E-state index contributed by atoms with van der Waals surface area (Å²) < 4.78 is 0. The van der Waals surface area contributed by atoms with Crippen molar-refractivity contribution in [3.63, 3.8) is 0 Å². The second kappa shape index (κ2) is 5.10. The van der Waals surface area contributed by atoms with E-state index in [0.29, 0.717) is 5.41 Å². The van der Waals surface area contributed by atoms with Crippen molar-refractivity contribution in [1.82, 2.24) is 9.80 Å². The first kappa shape index (κ1) is 14.3. The molecule has 1 atom stereocenters. The lowest BCUT2D eigenvalue weighted by atomic mass is 9.80. The summed E-state index contributed by atoms with van der Waals surface area (Å²) in [4.78, 5) is 5.18. The summed E-state index contributed by atoms with van der Waals surface area (Å²) in [6, 6.07) is 0.721. The highest BCUT2D eigenvalue weighted by atomic mass is 15.2. The normalized spacial score (nSPS) is 28.3. The molecule has 1 unspecified atom stereocenters. The van der Waals surface area contributed by atoms with Crippen molar-refractivity contribution < 1.29 is 0 Å². The van der Waals surface area contributed by atoms with Crippen LogP contribution in [0.2, 0.25) is 0 Å². The molecular weight excluding hydrogens is 222 g/mol. The number of likely N-dealkylation sites (N-methyl/N-ethyl adjacent to an activating group) is 1. The summed E-state index contributed by atoms with van der Waals surface area (Å²) in [5, 5.41) is 0. The number of nitrogens with zero attached hydrogens (tertiary/aromatic N) is 2. The van der Waals surface area contributed by atoms with Crippen LogP contribution in [0.15, 0.2) is 0 Å². The maximum Gasteiger partial charge on any atom is 0.0356 e. The number of nitrogens with two attached hydrogens (primary N) is 1. The molecule has 2 fully saturated rings. The Bertz CT molecular complexity index is 279. The van der Waals surface area contributed by atoms with Crippen LogP contribution in [-0.2, 0) is 0 Å². The lowest BCUT2D eigenvalue weighted by Gasteiger charge is -2.49. The molecule has 2 aliphatic rings. The van der Waals surface area contributed by atoms with Crippen molar-refractivity contribution in [3.8, 4) is 0 Å². The topological polar surface area (TPSA) is 32.5 Å². The third-order valence-corrected chi connectivity index (χ3v) is 6.03. The fraction of sp³-hybridized carbons (Fsp3) is 1.00. The molecule has 1 aliphatic heterocycles. The molecule has 0 radical (unpaired) electrons. The van der Waals surface area contributed by atoms with Crippen LogP contribution in [0, 0.1) is 5.41 Å². The summed E-state index contributed by atoms with van der Waals surface area (Å²) in [5.74, 6) is 0. The van der Waals surface area contributed by atoms with Gasteiger partial charge in [-0.25, -0.2) is 0 Å². The van der Waals surface area contributed by atoms with Gasteiger partial charge >= 0.3 is 0 Å². The van der Waals surface area contributed by atoms with Crippen LogP contribution in [0.4, 0.5) is 0 Å². The maximum absolute atomic E-state index is 6.14. The Morgan fingerprint density at radius 3 is 2.28 bits per heavy atom. The Kier molecular flexibility index (Phi) is 4.05. The fourth-order valence-corrected chi connectivity index (χ4v) is 3.57. The monoisotopic (exact) mass is 253 g/mol. The Labute approximate surface area is 113 Å². The second-order valence-corrected chi connectivity index (χ2v) is 6.81. The lowest BCUT2D eigenvalue weighted by Crippen LogP contribution is -2.60. The van der Waals surface area contributed by atoms with Crippen molar-refractivity contribution in [2.45, 2.75) is 58.0 Å². The smallest absolute Gasteiger partial charge is 0.0356 e. The quantitative estimate of drug-likeness (QED) is 0.812. The fourth-order valence-electron chi connectivity index (χ4n) is 3.57. The van der Waals surface area contributed by atoms with Crippen LogP contribution in [0.1, 0.15) is 46.5 Å². The largest absolute Gasteiger partial charge is 0.329 e. The average molecular weight is 253 g/mol. The highest BCUT2D eigenvalue weighted by molar-refractivity contribution is 5.10. The molecule has 2 rings (SSSR count). The SMILES string of the molecule is CCN1CCC(N(C)C(C)(CN)C2(C)CC2)CC1. The number of piperidine rings is 1. The van der Waals surface area contributed by atoms with Gasteiger partial charge in [-0.1, -0.05) is 13.8 Å². The van der Waals surface area contributed by atoms with Crippen molar-refractivity contribution in [2.24, 2.45) is 11.1 Å². The lowest BCUT2D eigenvalue weighted by molar-refractivity contribution is 0.00842. The molecule has 1 saturated carbocycles. The van der Waals surface area contributed by atoms with Crippen LogP contribution in [0.3, 0.4) is 0 Å². The van der Waals surface area contributed by atoms with Crippen LogP contribution in [0.5, 0.6) is 0 Å². The van der Waals surface area contributed by atoms with Gasteiger partial charge in [0, 0.05) is 18.1 Å². The minimum Gasteiger partial charge on any atom is -0.329 e. The molecule has 18 heavy (non-hydrogen) atoms. The van der Waals surface area contributed by atoms with Crippen LogP contribution in [-0.4, -0.2) is 54.6 Å². The number of hydrogen-bond acceptors (Lipinski definition) is 3. The molecule has 0 amide bonds. The van der Waals surface area contributed by atoms with Crippen molar-refractivity contribution in [2.75, 3.05) is 33.2 Å². The van der Waals surface area contributed by atoms with E-state index in [9.17, 15) is 0 Å². The van der Waals surface area contributed by atoms with E-state index in [2.05, 4.69) is 37.6 Å². The molecular formula is C15H31N3. The van der Waals surface area contributed by atoms with Crippen molar-refractivity contribution in [1.29, 1.82) is 0 Å². The van der Waals surface area contributed by atoms with Gasteiger partial charge in [0.1, 0.15) is 0 Å². The third-order valence-electron chi connectivity index (χ3n) is 6.03. The van der Waals surface area contributed by atoms with Gasteiger partial charge in [-0.05, 0) is 64.7 Å². The van der Waals surface area contributed by atoms with E-state index in [1.807, 2.05) is 0 Å². The number of likely N-dealkylation sites (tertiary alicyclic amines) is 1. The van der Waals surface area contributed by atoms with E-state index in [4.69, 9.17) is 5.73 Å². The van der Waals surface area contributed by atoms with Gasteiger partial charge in [0.25, 0.3) is 0 Å². The summed E-state index contributed by atoms with van der Waals surface area (Å²) in [5.41, 5.74) is 6.79. The minimum atomic E-state index is 0.187. The molecule has 0 aromatic carbocycles. The zero-order valence-electron chi connectivity index (χ0n) is 12.7. The van der Waals surface area contributed by atoms with Gasteiger partial charge < -0.3 is 10.6 Å². The molecule has 0 spiro atoms. The summed E-state index contributed by atoms with van der Waals surface area (Å²) >= 11 is 0. The summed E-state index contributed by atoms with van der Waals surface area (Å²) in [6.45, 7) is 11.5. The van der Waals surface area contributed by atoms with Gasteiger partial charge in [-0.15, -0.1) is 0 Å². The summed E-state index contributed by atoms with van der Waals surface area (Å²) in [7, 11) is 2.31. The van der Waals surface area contributed by atoms with Crippen molar-refractivity contribution in [3.05, 3.63) is 0 Å². The highest BCUT2D eigenvalue weighted by Gasteiger charge is 2.55. The van der Waals surface area contributed by atoms with E-state index in [-0.39, 0.29) is 5.54 Å².